The molecule has 1 fully saturated rings. The smallest absolute Gasteiger partial charge is 0.310 e. The van der Waals surface area contributed by atoms with Gasteiger partial charge in [0.15, 0.2) is 0 Å². The van der Waals surface area contributed by atoms with Gasteiger partial charge in [-0.25, -0.2) is 9.67 Å². The van der Waals surface area contributed by atoms with Gasteiger partial charge in [-0.05, 0) is 44.2 Å². The third kappa shape index (κ3) is 7.18. The van der Waals surface area contributed by atoms with Crippen LogP contribution in [0.2, 0.25) is 10.0 Å². The van der Waals surface area contributed by atoms with Gasteiger partial charge in [-0.15, -0.1) is 0 Å². The summed E-state index contributed by atoms with van der Waals surface area (Å²) in [5, 5.41) is 7.23. The van der Waals surface area contributed by atoms with Gasteiger partial charge in [-0.3, -0.25) is 19.3 Å². The highest BCUT2D eigenvalue weighted by Gasteiger charge is 2.35. The van der Waals surface area contributed by atoms with Gasteiger partial charge in [0.05, 0.1) is 53.7 Å². The molecule has 2 atom stereocenters. The number of amides is 1. The number of esters is 1. The first-order chi connectivity index (χ1) is 22.7. The van der Waals surface area contributed by atoms with Gasteiger partial charge < -0.3 is 19.5 Å². The molecule has 2 unspecified atom stereocenters. The fraction of sp³-hybridized carbons (Fsp3) is 0.324. The molecule has 4 aromatic rings. The molecule has 13 heteroatoms. The molecule has 2 aromatic heterocycles. The van der Waals surface area contributed by atoms with Crippen molar-refractivity contribution in [2.24, 2.45) is 13.0 Å². The number of rotatable bonds is 11. The summed E-state index contributed by atoms with van der Waals surface area (Å²) in [5.74, 6) is -0.583. The number of carbonyl (C=O) groups is 2. The normalized spacial score (nSPS) is 15.3. The predicted molar refractivity (Wildman–Crippen MR) is 180 cm³/mol. The van der Waals surface area contributed by atoms with Crippen LogP contribution in [0, 0.1) is 5.92 Å². The average molecular weight is 681 g/mol. The molecule has 1 aliphatic rings. The largest absolute Gasteiger partial charge is 0.481 e. The molecular weight excluding hydrogens is 645 g/mol. The predicted octanol–water partition coefficient (Wildman–Crippen LogP) is 5.65. The number of ether oxygens (including phenoxy) is 3. The van der Waals surface area contributed by atoms with Crippen LogP contribution in [-0.4, -0.2) is 72.1 Å². The van der Waals surface area contributed by atoms with E-state index in [0.717, 1.165) is 10.2 Å². The van der Waals surface area contributed by atoms with E-state index in [1.807, 2.05) is 30.3 Å². The van der Waals surface area contributed by atoms with Crippen molar-refractivity contribution in [2.45, 2.75) is 19.4 Å². The van der Waals surface area contributed by atoms with Crippen LogP contribution in [0.1, 0.15) is 35.3 Å². The average Bonchev–Trinajstić information content (AvgIpc) is 3.56. The Balaban J connectivity index is 1.44. The maximum Gasteiger partial charge on any atom is 0.310 e. The van der Waals surface area contributed by atoms with Crippen molar-refractivity contribution >= 4 is 40.8 Å². The maximum absolute atomic E-state index is 12.9. The molecule has 1 saturated heterocycles. The molecule has 0 aliphatic carbocycles. The lowest BCUT2D eigenvalue weighted by molar-refractivity contribution is -0.147. The number of aryl methyl sites for hydroxylation is 1. The number of methoxy groups -OCH3 is 2. The van der Waals surface area contributed by atoms with Crippen LogP contribution < -0.4 is 15.6 Å². The highest BCUT2D eigenvalue weighted by molar-refractivity contribution is 6.39. The number of hydrogen-bond acceptors (Lipinski definition) is 9. The van der Waals surface area contributed by atoms with Crippen molar-refractivity contribution in [1.82, 2.24) is 19.7 Å². The molecule has 5 rings (SSSR count). The molecule has 1 N–H and O–H groups in total. The summed E-state index contributed by atoms with van der Waals surface area (Å²) in [6.07, 6.45) is 2.08. The number of aromatic nitrogens is 3. The molecule has 2 aromatic carbocycles. The number of likely N-dealkylation sites (tertiary alicyclic amines) is 1. The van der Waals surface area contributed by atoms with Gasteiger partial charge in [0.25, 0.3) is 11.5 Å². The molecule has 0 saturated carbocycles. The molecular formula is C34H35Cl2N5O6. The van der Waals surface area contributed by atoms with Crippen LogP contribution in [0.25, 0.3) is 22.4 Å². The Morgan fingerprint density at radius 1 is 1.02 bits per heavy atom. The Hall–Kier alpha value is -4.29. The number of halogens is 2. The minimum Gasteiger partial charge on any atom is -0.481 e. The van der Waals surface area contributed by atoms with E-state index in [-0.39, 0.29) is 28.5 Å². The van der Waals surface area contributed by atoms with Crippen molar-refractivity contribution < 1.29 is 23.8 Å². The lowest BCUT2D eigenvalue weighted by Gasteiger charge is -2.28. The summed E-state index contributed by atoms with van der Waals surface area (Å²) >= 11 is 13.8. The standard InChI is InChI=1S/C34H35Cl2N5O6/c1-5-47-34(44)20-15-17-41(18-20)28(19-45-3)24-12-13-26(39-32(24)46-4)23-10-6-8-21(29(23)35)22-9-7-11-27(30(22)36)38-31(42)25-14-16-37-40(2)33(25)43/h6-14,16,20,28H,5,15,17-19H2,1-4H3,(H,38,42). The SMILES string of the molecule is CCOC(=O)C1CCN(C(COC)c2ccc(-c3cccc(-c4cccc(NC(=O)c5ccnn(C)c5=O)c4Cl)c3Cl)nc2OC)C1. The summed E-state index contributed by atoms with van der Waals surface area (Å²) in [6, 6.07) is 15.7. The maximum atomic E-state index is 12.9. The summed E-state index contributed by atoms with van der Waals surface area (Å²) in [5.41, 5.74) is 2.96. The zero-order valence-corrected chi connectivity index (χ0v) is 28.0. The fourth-order valence-electron chi connectivity index (χ4n) is 5.73. The van der Waals surface area contributed by atoms with E-state index in [2.05, 4.69) is 15.3 Å². The van der Waals surface area contributed by atoms with Crippen molar-refractivity contribution in [3.05, 3.63) is 92.3 Å². The Labute approximate surface area is 282 Å². The first-order valence-electron chi connectivity index (χ1n) is 15.0. The first kappa shape index (κ1) is 34.1. The Morgan fingerprint density at radius 2 is 1.74 bits per heavy atom. The molecule has 1 aliphatic heterocycles. The Kier molecular flexibility index (Phi) is 10.9. The highest BCUT2D eigenvalue weighted by Crippen LogP contribution is 2.42. The summed E-state index contributed by atoms with van der Waals surface area (Å²) < 4.78 is 17.7. The molecule has 11 nitrogen and oxygen atoms in total. The van der Waals surface area contributed by atoms with Crippen LogP contribution in [0.5, 0.6) is 5.88 Å². The summed E-state index contributed by atoms with van der Waals surface area (Å²) in [6.45, 7) is 3.79. The van der Waals surface area contributed by atoms with Crippen molar-refractivity contribution in [1.29, 1.82) is 0 Å². The molecule has 3 heterocycles. The van der Waals surface area contributed by atoms with Crippen LogP contribution in [-0.2, 0) is 21.3 Å². The second-order valence-electron chi connectivity index (χ2n) is 11.0. The number of hydrogen-bond donors (Lipinski definition) is 1. The second-order valence-corrected chi connectivity index (χ2v) is 11.7. The van der Waals surface area contributed by atoms with Gasteiger partial charge in [0.1, 0.15) is 5.56 Å². The number of pyridine rings is 1. The summed E-state index contributed by atoms with van der Waals surface area (Å²) in [4.78, 5) is 44.8. The number of carbonyl (C=O) groups excluding carboxylic acids is 2. The van der Waals surface area contributed by atoms with E-state index in [1.54, 1.807) is 39.3 Å². The quantitative estimate of drug-likeness (QED) is 0.200. The zero-order chi connectivity index (χ0) is 33.7. The van der Waals surface area contributed by atoms with E-state index in [1.165, 1.54) is 19.3 Å². The minimum absolute atomic E-state index is 0.0660. The van der Waals surface area contributed by atoms with E-state index in [0.29, 0.717) is 71.7 Å². The van der Waals surface area contributed by atoms with Gasteiger partial charge in [-0.2, -0.15) is 5.10 Å². The van der Waals surface area contributed by atoms with Crippen molar-refractivity contribution in [2.75, 3.05) is 45.8 Å². The second kappa shape index (κ2) is 15.1. The molecule has 246 valence electrons. The van der Waals surface area contributed by atoms with E-state index >= 15 is 0 Å². The van der Waals surface area contributed by atoms with Crippen LogP contribution in [0.3, 0.4) is 0 Å². The van der Waals surface area contributed by atoms with Crippen molar-refractivity contribution in [3.8, 4) is 28.3 Å². The Morgan fingerprint density at radius 3 is 2.47 bits per heavy atom. The van der Waals surface area contributed by atoms with Gasteiger partial charge in [0.2, 0.25) is 5.88 Å². The zero-order valence-electron chi connectivity index (χ0n) is 26.5. The van der Waals surface area contributed by atoms with E-state index in [9.17, 15) is 14.4 Å². The van der Waals surface area contributed by atoms with Gasteiger partial charge in [0, 0.05) is 49.2 Å². The third-order valence-corrected chi connectivity index (χ3v) is 8.92. The fourth-order valence-corrected chi connectivity index (χ4v) is 6.33. The first-order valence-corrected chi connectivity index (χ1v) is 15.8. The number of nitrogens with one attached hydrogen (secondary N) is 1. The van der Waals surface area contributed by atoms with Gasteiger partial charge >= 0.3 is 5.97 Å². The number of benzene rings is 2. The molecule has 1 amide bonds. The van der Waals surface area contributed by atoms with Crippen LogP contribution >= 0.6 is 23.2 Å². The van der Waals surface area contributed by atoms with E-state index in [4.69, 9.17) is 42.4 Å². The number of anilines is 1. The van der Waals surface area contributed by atoms with Crippen LogP contribution in [0.4, 0.5) is 5.69 Å². The van der Waals surface area contributed by atoms with E-state index < -0.39 is 11.5 Å². The summed E-state index contributed by atoms with van der Waals surface area (Å²) in [7, 11) is 4.66. The lowest BCUT2D eigenvalue weighted by Crippen LogP contribution is -2.31. The monoisotopic (exact) mass is 679 g/mol. The van der Waals surface area contributed by atoms with Gasteiger partial charge in [-0.1, -0.05) is 53.5 Å². The third-order valence-electron chi connectivity index (χ3n) is 8.11. The molecule has 0 bridgehead atoms. The number of nitrogens with zero attached hydrogens (tertiary/aromatic N) is 4. The highest BCUT2D eigenvalue weighted by atomic mass is 35.5. The lowest BCUT2D eigenvalue weighted by atomic mass is 9.99. The van der Waals surface area contributed by atoms with Crippen LogP contribution in [0.15, 0.2) is 65.6 Å². The molecule has 0 radical (unpaired) electrons. The van der Waals surface area contributed by atoms with Crippen molar-refractivity contribution in [3.63, 3.8) is 0 Å². The molecule has 0 spiro atoms. The minimum atomic E-state index is -0.611. The molecule has 47 heavy (non-hydrogen) atoms. The Bertz CT molecular complexity index is 1850. The topological polar surface area (TPSA) is 125 Å².